The number of hydrogen-bond acceptors (Lipinski definition) is 0. The first-order valence-electron chi connectivity index (χ1n) is 7.55. The van der Waals surface area contributed by atoms with Crippen LogP contribution < -0.4 is 0 Å². The third kappa shape index (κ3) is 2.32. The van der Waals surface area contributed by atoms with E-state index in [2.05, 4.69) is 50.2 Å². The molecule has 0 nitrogen and oxygen atoms in total. The summed E-state index contributed by atoms with van der Waals surface area (Å²) in [6.45, 7) is 4.50. The van der Waals surface area contributed by atoms with Gasteiger partial charge in [0.05, 0.1) is 0 Å². The lowest BCUT2D eigenvalue weighted by Crippen LogP contribution is -1.87. The van der Waals surface area contributed by atoms with Crippen molar-refractivity contribution >= 4 is 0 Å². The summed E-state index contributed by atoms with van der Waals surface area (Å²) in [5.41, 5.74) is 8.94. The van der Waals surface area contributed by atoms with Crippen LogP contribution in [0.25, 0.3) is 11.1 Å². The first-order valence-corrected chi connectivity index (χ1v) is 7.55. The van der Waals surface area contributed by atoms with Crippen molar-refractivity contribution < 1.29 is 0 Å². The van der Waals surface area contributed by atoms with E-state index >= 15 is 0 Å². The van der Waals surface area contributed by atoms with Crippen molar-refractivity contribution in [1.82, 2.24) is 0 Å². The SMILES string of the molecule is CCCc1ccc2c(c1)Cc1cc(CCC)ccc1-2. The summed E-state index contributed by atoms with van der Waals surface area (Å²) in [7, 11) is 0. The predicted octanol–water partition coefficient (Wildman–Crippen LogP) is 5.16. The van der Waals surface area contributed by atoms with E-state index in [0.717, 1.165) is 6.42 Å². The van der Waals surface area contributed by atoms with Crippen LogP contribution in [0.4, 0.5) is 0 Å². The lowest BCUT2D eigenvalue weighted by Gasteiger charge is -2.05. The van der Waals surface area contributed by atoms with Crippen molar-refractivity contribution in [3.05, 3.63) is 58.7 Å². The summed E-state index contributed by atoms with van der Waals surface area (Å²) >= 11 is 0. The summed E-state index contributed by atoms with van der Waals surface area (Å²) in [4.78, 5) is 0. The Morgan fingerprint density at radius 1 is 0.737 bits per heavy atom. The standard InChI is InChI=1S/C19H22/c1-3-5-14-7-9-18-16(11-14)13-17-12-15(6-4-2)8-10-19(17)18/h7-12H,3-6,13H2,1-2H3. The van der Waals surface area contributed by atoms with E-state index < -0.39 is 0 Å². The molecule has 0 bridgehead atoms. The van der Waals surface area contributed by atoms with Gasteiger partial charge in [0, 0.05) is 0 Å². The smallest absolute Gasteiger partial charge is 0.00133 e. The summed E-state index contributed by atoms with van der Waals surface area (Å²) in [5, 5.41) is 0. The van der Waals surface area contributed by atoms with E-state index in [-0.39, 0.29) is 0 Å². The Kier molecular flexibility index (Phi) is 3.42. The maximum atomic E-state index is 2.42. The topological polar surface area (TPSA) is 0 Å². The van der Waals surface area contributed by atoms with Crippen LogP contribution in [0.1, 0.15) is 48.9 Å². The van der Waals surface area contributed by atoms with Crippen LogP contribution in [-0.4, -0.2) is 0 Å². The van der Waals surface area contributed by atoms with Gasteiger partial charge in [0.25, 0.3) is 0 Å². The molecule has 2 aromatic carbocycles. The van der Waals surface area contributed by atoms with E-state index in [1.165, 1.54) is 59.1 Å². The Hall–Kier alpha value is -1.56. The minimum absolute atomic E-state index is 1.12. The number of benzene rings is 2. The molecule has 0 aromatic heterocycles. The molecule has 0 amide bonds. The largest absolute Gasteiger partial charge is 0.0651 e. The van der Waals surface area contributed by atoms with Crippen molar-refractivity contribution in [1.29, 1.82) is 0 Å². The summed E-state index contributed by atoms with van der Waals surface area (Å²) in [6.07, 6.45) is 5.98. The molecule has 0 saturated heterocycles. The van der Waals surface area contributed by atoms with Gasteiger partial charge >= 0.3 is 0 Å². The minimum atomic E-state index is 1.12. The second-order valence-electron chi connectivity index (χ2n) is 5.66. The van der Waals surface area contributed by atoms with E-state index in [1.54, 1.807) is 0 Å². The van der Waals surface area contributed by atoms with Crippen molar-refractivity contribution in [2.24, 2.45) is 0 Å². The molecule has 2 aromatic rings. The van der Waals surface area contributed by atoms with Crippen molar-refractivity contribution in [3.63, 3.8) is 0 Å². The Labute approximate surface area is 116 Å². The fraction of sp³-hybridized carbons (Fsp3) is 0.368. The lowest BCUT2D eigenvalue weighted by molar-refractivity contribution is 0.918. The first kappa shape index (κ1) is 12.5. The zero-order chi connectivity index (χ0) is 13.2. The number of fused-ring (bicyclic) bond motifs is 3. The normalized spacial score (nSPS) is 12.3. The van der Waals surface area contributed by atoms with Crippen LogP contribution in [0.2, 0.25) is 0 Å². The molecule has 19 heavy (non-hydrogen) atoms. The van der Waals surface area contributed by atoms with Gasteiger partial charge in [-0.3, -0.25) is 0 Å². The van der Waals surface area contributed by atoms with Gasteiger partial charge in [-0.05, 0) is 52.6 Å². The summed E-state index contributed by atoms with van der Waals surface area (Å²) < 4.78 is 0. The van der Waals surface area contributed by atoms with Crippen LogP contribution in [0, 0.1) is 0 Å². The zero-order valence-electron chi connectivity index (χ0n) is 12.0. The van der Waals surface area contributed by atoms with Crippen LogP contribution in [0.15, 0.2) is 36.4 Å². The molecule has 3 rings (SSSR count). The van der Waals surface area contributed by atoms with Crippen LogP contribution in [0.5, 0.6) is 0 Å². The Bertz CT molecular complexity index is 539. The summed E-state index contributed by atoms with van der Waals surface area (Å²) in [6, 6.07) is 14.1. The fourth-order valence-electron chi connectivity index (χ4n) is 3.21. The first-order chi connectivity index (χ1) is 9.31. The van der Waals surface area contributed by atoms with Gasteiger partial charge in [0.1, 0.15) is 0 Å². The third-order valence-corrected chi connectivity index (χ3v) is 4.09. The second kappa shape index (κ2) is 5.21. The van der Waals surface area contributed by atoms with E-state index in [4.69, 9.17) is 0 Å². The van der Waals surface area contributed by atoms with Gasteiger partial charge in [0.2, 0.25) is 0 Å². The van der Waals surface area contributed by atoms with Crippen LogP contribution in [0.3, 0.4) is 0 Å². The fourth-order valence-corrected chi connectivity index (χ4v) is 3.21. The monoisotopic (exact) mass is 250 g/mol. The molecule has 0 radical (unpaired) electrons. The van der Waals surface area contributed by atoms with Crippen LogP contribution >= 0.6 is 0 Å². The highest BCUT2D eigenvalue weighted by molar-refractivity contribution is 5.77. The predicted molar refractivity (Wildman–Crippen MR) is 82.7 cm³/mol. The maximum absolute atomic E-state index is 2.42. The molecule has 0 N–H and O–H groups in total. The second-order valence-corrected chi connectivity index (χ2v) is 5.66. The third-order valence-electron chi connectivity index (χ3n) is 4.09. The zero-order valence-corrected chi connectivity index (χ0v) is 12.0. The van der Waals surface area contributed by atoms with Crippen molar-refractivity contribution in [2.75, 3.05) is 0 Å². The van der Waals surface area contributed by atoms with E-state index in [1.807, 2.05) is 0 Å². The molecule has 0 heterocycles. The van der Waals surface area contributed by atoms with Crippen molar-refractivity contribution in [3.8, 4) is 11.1 Å². The quantitative estimate of drug-likeness (QED) is 0.599. The van der Waals surface area contributed by atoms with E-state index in [0.29, 0.717) is 0 Å². The average molecular weight is 250 g/mol. The molecule has 0 aliphatic heterocycles. The van der Waals surface area contributed by atoms with Gasteiger partial charge in [-0.1, -0.05) is 63.1 Å². The van der Waals surface area contributed by atoms with E-state index in [9.17, 15) is 0 Å². The highest BCUT2D eigenvalue weighted by Gasteiger charge is 2.18. The number of aryl methyl sites for hydroxylation is 2. The van der Waals surface area contributed by atoms with Gasteiger partial charge in [0.15, 0.2) is 0 Å². The van der Waals surface area contributed by atoms with Gasteiger partial charge < -0.3 is 0 Å². The van der Waals surface area contributed by atoms with Gasteiger partial charge in [-0.15, -0.1) is 0 Å². The lowest BCUT2D eigenvalue weighted by atomic mass is 10.0. The molecule has 98 valence electrons. The molecule has 0 unspecified atom stereocenters. The Morgan fingerprint density at radius 3 is 1.63 bits per heavy atom. The minimum Gasteiger partial charge on any atom is -0.0651 e. The van der Waals surface area contributed by atoms with Crippen LogP contribution in [-0.2, 0) is 19.3 Å². The molecule has 1 aliphatic carbocycles. The highest BCUT2D eigenvalue weighted by Crippen LogP contribution is 2.37. The van der Waals surface area contributed by atoms with Crippen molar-refractivity contribution in [2.45, 2.75) is 46.0 Å². The number of rotatable bonds is 4. The highest BCUT2D eigenvalue weighted by atomic mass is 14.2. The van der Waals surface area contributed by atoms with Gasteiger partial charge in [-0.2, -0.15) is 0 Å². The molecule has 0 atom stereocenters. The summed E-state index contributed by atoms with van der Waals surface area (Å²) in [5.74, 6) is 0. The Balaban J connectivity index is 1.96. The molecule has 0 fully saturated rings. The molecular formula is C19H22. The molecule has 0 saturated carbocycles. The molecular weight excluding hydrogens is 228 g/mol. The maximum Gasteiger partial charge on any atom is -0.00133 e. The molecule has 0 heteroatoms. The molecule has 0 spiro atoms. The molecule has 1 aliphatic rings. The average Bonchev–Trinajstić information content (AvgIpc) is 2.76. The van der Waals surface area contributed by atoms with Gasteiger partial charge in [-0.25, -0.2) is 0 Å². The Morgan fingerprint density at radius 2 is 1.21 bits per heavy atom. The number of hydrogen-bond donors (Lipinski definition) is 0.